The van der Waals surface area contributed by atoms with E-state index < -0.39 is 0 Å². The molecule has 3 nitrogen and oxygen atoms in total. The fraction of sp³-hybridized carbons (Fsp3) is 0.200. The summed E-state index contributed by atoms with van der Waals surface area (Å²) in [4.78, 5) is 0. The molecular formula is C10H12N2O. The van der Waals surface area contributed by atoms with Crippen LogP contribution in [-0.4, -0.2) is 11.1 Å². The van der Waals surface area contributed by atoms with Crippen molar-refractivity contribution >= 4 is 5.69 Å². The fourth-order valence-electron chi connectivity index (χ4n) is 1.45. The Morgan fingerprint density at radius 1 is 1.31 bits per heavy atom. The average molecular weight is 176 g/mol. The molecule has 1 aliphatic rings. The van der Waals surface area contributed by atoms with Gasteiger partial charge in [-0.05, 0) is 19.1 Å². The number of nitrogens with zero attached hydrogens (tertiary/aromatic N) is 1. The van der Waals surface area contributed by atoms with Crippen LogP contribution in [0, 0.1) is 0 Å². The zero-order chi connectivity index (χ0) is 9.26. The highest BCUT2D eigenvalue weighted by atomic mass is 16.3. The lowest BCUT2D eigenvalue weighted by molar-refractivity contribution is 0.373. The first-order chi connectivity index (χ1) is 6.27. The van der Waals surface area contributed by atoms with Gasteiger partial charge in [0.25, 0.3) is 0 Å². The molecule has 2 rings (SSSR count). The molecule has 0 spiro atoms. The van der Waals surface area contributed by atoms with Crippen LogP contribution >= 0.6 is 0 Å². The SMILES string of the molecule is CC1C=C(O)NN1c1ccccc1. The summed E-state index contributed by atoms with van der Waals surface area (Å²) >= 11 is 0. The van der Waals surface area contributed by atoms with Gasteiger partial charge in [-0.2, -0.15) is 0 Å². The summed E-state index contributed by atoms with van der Waals surface area (Å²) < 4.78 is 0. The predicted octanol–water partition coefficient (Wildman–Crippen LogP) is 1.80. The molecule has 0 fully saturated rings. The number of aliphatic hydroxyl groups is 1. The smallest absolute Gasteiger partial charge is 0.201 e. The molecule has 1 aromatic carbocycles. The van der Waals surface area contributed by atoms with Gasteiger partial charge in [0.2, 0.25) is 5.88 Å². The average Bonchev–Trinajstić information content (AvgIpc) is 2.47. The molecule has 0 saturated carbocycles. The first-order valence-corrected chi connectivity index (χ1v) is 4.29. The molecule has 1 atom stereocenters. The van der Waals surface area contributed by atoms with Gasteiger partial charge in [-0.3, -0.25) is 10.4 Å². The molecule has 0 bridgehead atoms. The van der Waals surface area contributed by atoms with E-state index in [1.165, 1.54) is 0 Å². The Kier molecular flexibility index (Phi) is 1.85. The summed E-state index contributed by atoms with van der Waals surface area (Å²) in [6, 6.07) is 10.1. The number of benzene rings is 1. The van der Waals surface area contributed by atoms with E-state index in [1.54, 1.807) is 6.08 Å². The van der Waals surface area contributed by atoms with Crippen molar-refractivity contribution in [2.24, 2.45) is 0 Å². The maximum Gasteiger partial charge on any atom is 0.201 e. The highest BCUT2D eigenvalue weighted by Crippen LogP contribution is 2.19. The second-order valence-corrected chi connectivity index (χ2v) is 3.11. The van der Waals surface area contributed by atoms with E-state index in [2.05, 4.69) is 5.43 Å². The molecule has 0 radical (unpaired) electrons. The summed E-state index contributed by atoms with van der Waals surface area (Å²) in [6.45, 7) is 2.02. The van der Waals surface area contributed by atoms with Crippen LogP contribution in [0.4, 0.5) is 5.69 Å². The third-order valence-corrected chi connectivity index (χ3v) is 2.08. The first-order valence-electron chi connectivity index (χ1n) is 4.29. The Bertz CT molecular complexity index is 321. The third-order valence-electron chi connectivity index (χ3n) is 2.08. The van der Waals surface area contributed by atoms with Gasteiger partial charge in [0.15, 0.2) is 0 Å². The van der Waals surface area contributed by atoms with Crippen LogP contribution in [0.2, 0.25) is 0 Å². The number of anilines is 1. The maximum absolute atomic E-state index is 9.24. The lowest BCUT2D eigenvalue weighted by Crippen LogP contribution is -2.37. The molecule has 0 amide bonds. The molecule has 1 aromatic rings. The molecular weight excluding hydrogens is 164 g/mol. The maximum atomic E-state index is 9.24. The van der Waals surface area contributed by atoms with Crippen molar-refractivity contribution < 1.29 is 5.11 Å². The number of aliphatic hydroxyl groups excluding tert-OH is 1. The minimum atomic E-state index is 0.183. The van der Waals surface area contributed by atoms with Crippen LogP contribution in [0.3, 0.4) is 0 Å². The number of para-hydroxylation sites is 1. The van der Waals surface area contributed by atoms with Crippen LogP contribution < -0.4 is 10.4 Å². The number of hydrazine groups is 1. The van der Waals surface area contributed by atoms with Crippen LogP contribution in [0.1, 0.15) is 6.92 Å². The topological polar surface area (TPSA) is 35.5 Å². The molecule has 3 heteroatoms. The van der Waals surface area contributed by atoms with Crippen molar-refractivity contribution in [2.45, 2.75) is 13.0 Å². The Hall–Kier alpha value is -1.64. The Morgan fingerprint density at radius 2 is 2.00 bits per heavy atom. The fourth-order valence-corrected chi connectivity index (χ4v) is 1.45. The molecule has 0 aromatic heterocycles. The molecule has 1 unspecified atom stereocenters. The van der Waals surface area contributed by atoms with Crippen molar-refractivity contribution in [2.75, 3.05) is 5.01 Å². The molecule has 2 N–H and O–H groups in total. The van der Waals surface area contributed by atoms with Gasteiger partial charge in [-0.15, -0.1) is 0 Å². The summed E-state index contributed by atoms with van der Waals surface area (Å²) in [5.74, 6) is 0.219. The van der Waals surface area contributed by atoms with E-state index in [0.717, 1.165) is 5.69 Å². The molecule has 0 aliphatic carbocycles. The van der Waals surface area contributed by atoms with E-state index in [0.29, 0.717) is 0 Å². The standard InChI is InChI=1S/C10H12N2O/c1-8-7-10(13)11-12(8)9-5-3-2-4-6-9/h2-8,11,13H,1H3. The second kappa shape index (κ2) is 3.01. The zero-order valence-corrected chi connectivity index (χ0v) is 7.44. The van der Waals surface area contributed by atoms with Crippen molar-refractivity contribution in [3.63, 3.8) is 0 Å². The summed E-state index contributed by atoms with van der Waals surface area (Å²) in [6.07, 6.45) is 1.77. The van der Waals surface area contributed by atoms with Crippen LogP contribution in [0.5, 0.6) is 0 Å². The second-order valence-electron chi connectivity index (χ2n) is 3.11. The Labute approximate surface area is 77.3 Å². The first kappa shape index (κ1) is 7.98. The van der Waals surface area contributed by atoms with E-state index in [-0.39, 0.29) is 11.9 Å². The van der Waals surface area contributed by atoms with E-state index in [1.807, 2.05) is 42.3 Å². The largest absolute Gasteiger partial charge is 0.494 e. The minimum absolute atomic E-state index is 0.183. The molecule has 13 heavy (non-hydrogen) atoms. The van der Waals surface area contributed by atoms with Crippen molar-refractivity contribution in [1.29, 1.82) is 0 Å². The third kappa shape index (κ3) is 1.45. The summed E-state index contributed by atoms with van der Waals surface area (Å²) in [7, 11) is 0. The predicted molar refractivity (Wildman–Crippen MR) is 52.2 cm³/mol. The zero-order valence-electron chi connectivity index (χ0n) is 7.44. The molecule has 68 valence electrons. The highest BCUT2D eigenvalue weighted by molar-refractivity contribution is 5.48. The van der Waals surface area contributed by atoms with E-state index in [4.69, 9.17) is 0 Å². The van der Waals surface area contributed by atoms with Gasteiger partial charge in [0, 0.05) is 6.08 Å². The number of hydrogen-bond donors (Lipinski definition) is 2. The van der Waals surface area contributed by atoms with E-state index in [9.17, 15) is 5.11 Å². The van der Waals surface area contributed by atoms with Gasteiger partial charge in [-0.25, -0.2) is 0 Å². The highest BCUT2D eigenvalue weighted by Gasteiger charge is 2.19. The lowest BCUT2D eigenvalue weighted by Gasteiger charge is -2.23. The van der Waals surface area contributed by atoms with E-state index >= 15 is 0 Å². The summed E-state index contributed by atoms with van der Waals surface area (Å²) in [5, 5.41) is 11.2. The van der Waals surface area contributed by atoms with Gasteiger partial charge < -0.3 is 5.11 Å². The quantitative estimate of drug-likeness (QED) is 0.684. The van der Waals surface area contributed by atoms with Crippen LogP contribution in [-0.2, 0) is 0 Å². The summed E-state index contributed by atoms with van der Waals surface area (Å²) in [5.41, 5.74) is 3.92. The normalized spacial score (nSPS) is 21.2. The number of hydrogen-bond acceptors (Lipinski definition) is 3. The Balaban J connectivity index is 2.21. The van der Waals surface area contributed by atoms with Gasteiger partial charge in [0.1, 0.15) is 0 Å². The monoisotopic (exact) mass is 176 g/mol. The number of rotatable bonds is 1. The van der Waals surface area contributed by atoms with Gasteiger partial charge >= 0.3 is 0 Å². The van der Waals surface area contributed by atoms with Gasteiger partial charge in [-0.1, -0.05) is 18.2 Å². The molecule has 0 saturated heterocycles. The van der Waals surface area contributed by atoms with Gasteiger partial charge in [0.05, 0.1) is 11.7 Å². The van der Waals surface area contributed by atoms with Crippen molar-refractivity contribution in [3.05, 3.63) is 42.3 Å². The van der Waals surface area contributed by atoms with Crippen LogP contribution in [0.25, 0.3) is 0 Å². The molecule has 1 aliphatic heterocycles. The molecule has 1 heterocycles. The lowest BCUT2D eigenvalue weighted by atomic mass is 10.2. The van der Waals surface area contributed by atoms with Crippen LogP contribution in [0.15, 0.2) is 42.3 Å². The van der Waals surface area contributed by atoms with Crippen molar-refractivity contribution in [1.82, 2.24) is 5.43 Å². The minimum Gasteiger partial charge on any atom is -0.494 e. The Morgan fingerprint density at radius 3 is 2.54 bits per heavy atom. The van der Waals surface area contributed by atoms with Crippen molar-refractivity contribution in [3.8, 4) is 0 Å². The number of nitrogens with one attached hydrogen (secondary N) is 1.